The average molecular weight is 263 g/mol. The molecule has 3 atom stereocenters. The predicted octanol–water partition coefficient (Wildman–Crippen LogP) is 3.08. The first-order valence-corrected chi connectivity index (χ1v) is 6.66. The molecule has 18 heavy (non-hydrogen) atoms. The molecule has 2 aliphatic rings. The number of alkyl halides is 3. The van der Waals surface area contributed by atoms with Crippen LogP contribution in [0.15, 0.2) is 0 Å². The SMILES string of the molecule is CC(C)[C@@H]1CCCN(C(=O)C2CC2C(F)(F)F)C1. The zero-order valence-corrected chi connectivity index (χ0v) is 10.8. The van der Waals surface area contributed by atoms with Gasteiger partial charge < -0.3 is 4.90 Å². The van der Waals surface area contributed by atoms with Crippen LogP contribution in [0.25, 0.3) is 0 Å². The summed E-state index contributed by atoms with van der Waals surface area (Å²) in [5.41, 5.74) is 0. The number of amides is 1. The monoisotopic (exact) mass is 263 g/mol. The Labute approximate surface area is 106 Å². The molecule has 0 spiro atoms. The highest BCUT2D eigenvalue weighted by molar-refractivity contribution is 5.82. The van der Waals surface area contributed by atoms with E-state index in [0.717, 1.165) is 12.8 Å². The molecule has 1 saturated heterocycles. The van der Waals surface area contributed by atoms with Crippen molar-refractivity contribution in [3.8, 4) is 0 Å². The van der Waals surface area contributed by atoms with E-state index in [1.54, 1.807) is 4.90 Å². The maximum Gasteiger partial charge on any atom is 0.392 e. The lowest BCUT2D eigenvalue weighted by molar-refractivity contribution is -0.158. The van der Waals surface area contributed by atoms with Crippen LogP contribution in [0.1, 0.15) is 33.1 Å². The van der Waals surface area contributed by atoms with Crippen LogP contribution in [0.4, 0.5) is 13.2 Å². The van der Waals surface area contributed by atoms with E-state index in [1.807, 2.05) is 0 Å². The van der Waals surface area contributed by atoms with Crippen molar-refractivity contribution in [1.29, 1.82) is 0 Å². The molecule has 0 aromatic rings. The Hall–Kier alpha value is -0.740. The summed E-state index contributed by atoms with van der Waals surface area (Å²) >= 11 is 0. The van der Waals surface area contributed by atoms with Crippen molar-refractivity contribution in [2.24, 2.45) is 23.7 Å². The number of carbonyl (C=O) groups is 1. The molecule has 2 fully saturated rings. The van der Waals surface area contributed by atoms with E-state index < -0.39 is 18.0 Å². The minimum absolute atomic E-state index is 0.00875. The number of likely N-dealkylation sites (tertiary alicyclic amines) is 1. The molecular formula is C13H20F3NO. The Morgan fingerprint density at radius 2 is 2.00 bits per heavy atom. The van der Waals surface area contributed by atoms with Gasteiger partial charge in [0.25, 0.3) is 0 Å². The number of hydrogen-bond acceptors (Lipinski definition) is 1. The fourth-order valence-corrected chi connectivity index (χ4v) is 2.82. The van der Waals surface area contributed by atoms with Gasteiger partial charge in [0.1, 0.15) is 0 Å². The second-order valence-electron chi connectivity index (χ2n) is 5.92. The maximum absolute atomic E-state index is 12.5. The van der Waals surface area contributed by atoms with Gasteiger partial charge in [0.15, 0.2) is 0 Å². The molecule has 0 radical (unpaired) electrons. The van der Waals surface area contributed by atoms with Gasteiger partial charge in [0.05, 0.1) is 11.8 Å². The Balaban J connectivity index is 1.91. The zero-order valence-electron chi connectivity index (χ0n) is 10.8. The Kier molecular flexibility index (Phi) is 3.60. The summed E-state index contributed by atoms with van der Waals surface area (Å²) in [6, 6.07) is 0. The molecule has 1 aliphatic heterocycles. The predicted molar refractivity (Wildman–Crippen MR) is 61.8 cm³/mol. The summed E-state index contributed by atoms with van der Waals surface area (Å²) in [6.45, 7) is 5.48. The fourth-order valence-electron chi connectivity index (χ4n) is 2.82. The van der Waals surface area contributed by atoms with Gasteiger partial charge in [-0.05, 0) is 31.1 Å². The number of rotatable bonds is 2. The first-order chi connectivity index (χ1) is 8.30. The number of carbonyl (C=O) groups excluding carboxylic acids is 1. The maximum atomic E-state index is 12.5. The molecule has 5 heteroatoms. The van der Waals surface area contributed by atoms with Crippen LogP contribution in [0.5, 0.6) is 0 Å². The number of halogens is 3. The van der Waals surface area contributed by atoms with Crippen LogP contribution in [0, 0.1) is 23.7 Å². The van der Waals surface area contributed by atoms with E-state index in [4.69, 9.17) is 0 Å². The van der Waals surface area contributed by atoms with E-state index in [2.05, 4.69) is 13.8 Å². The number of hydrogen-bond donors (Lipinski definition) is 0. The summed E-state index contributed by atoms with van der Waals surface area (Å²) in [5.74, 6) is -1.54. The second kappa shape index (κ2) is 4.74. The second-order valence-corrected chi connectivity index (χ2v) is 5.92. The molecule has 2 rings (SSSR count). The number of piperidine rings is 1. The van der Waals surface area contributed by atoms with Gasteiger partial charge in [-0.15, -0.1) is 0 Å². The van der Waals surface area contributed by atoms with Gasteiger partial charge in [-0.2, -0.15) is 13.2 Å². The lowest BCUT2D eigenvalue weighted by atomic mass is 9.88. The first-order valence-electron chi connectivity index (χ1n) is 6.66. The van der Waals surface area contributed by atoms with Crippen LogP contribution in [0.2, 0.25) is 0 Å². The third-order valence-electron chi connectivity index (χ3n) is 4.24. The molecule has 104 valence electrons. The number of nitrogens with zero attached hydrogens (tertiary/aromatic N) is 1. The Bertz CT molecular complexity index is 327. The van der Waals surface area contributed by atoms with E-state index >= 15 is 0 Å². The van der Waals surface area contributed by atoms with Gasteiger partial charge in [-0.1, -0.05) is 13.8 Å². The fraction of sp³-hybridized carbons (Fsp3) is 0.923. The summed E-state index contributed by atoms with van der Waals surface area (Å²) in [6.07, 6.45) is -2.22. The van der Waals surface area contributed by atoms with Crippen molar-refractivity contribution in [2.45, 2.75) is 39.3 Å². The highest BCUT2D eigenvalue weighted by Crippen LogP contribution is 2.51. The van der Waals surface area contributed by atoms with Crippen LogP contribution in [-0.2, 0) is 4.79 Å². The summed E-state index contributed by atoms with van der Waals surface area (Å²) in [4.78, 5) is 13.7. The third kappa shape index (κ3) is 2.81. The molecular weight excluding hydrogens is 243 g/mol. The highest BCUT2D eigenvalue weighted by Gasteiger charge is 2.59. The van der Waals surface area contributed by atoms with Crippen molar-refractivity contribution in [3.05, 3.63) is 0 Å². The van der Waals surface area contributed by atoms with E-state index in [1.165, 1.54) is 0 Å². The third-order valence-corrected chi connectivity index (χ3v) is 4.24. The first kappa shape index (κ1) is 13.7. The molecule has 1 amide bonds. The van der Waals surface area contributed by atoms with Gasteiger partial charge in [-0.3, -0.25) is 4.79 Å². The lowest BCUT2D eigenvalue weighted by Gasteiger charge is -2.35. The summed E-state index contributed by atoms with van der Waals surface area (Å²) in [7, 11) is 0. The molecule has 2 unspecified atom stereocenters. The van der Waals surface area contributed by atoms with Crippen molar-refractivity contribution in [3.63, 3.8) is 0 Å². The molecule has 2 nitrogen and oxygen atoms in total. The normalized spacial score (nSPS) is 32.8. The van der Waals surface area contributed by atoms with E-state index in [9.17, 15) is 18.0 Å². The Morgan fingerprint density at radius 3 is 2.50 bits per heavy atom. The molecule has 0 N–H and O–H groups in total. The van der Waals surface area contributed by atoms with Crippen LogP contribution < -0.4 is 0 Å². The highest BCUT2D eigenvalue weighted by atomic mass is 19.4. The average Bonchev–Trinajstić information content (AvgIpc) is 3.07. The summed E-state index contributed by atoms with van der Waals surface area (Å²) < 4.78 is 37.4. The standard InChI is InChI=1S/C13H20F3NO/c1-8(2)9-4-3-5-17(7-9)12(18)10-6-11(10)13(14,15)16/h8-11H,3-7H2,1-2H3/t9-,10?,11?/m1/s1. The molecule has 0 aromatic carbocycles. The summed E-state index contributed by atoms with van der Waals surface area (Å²) in [5, 5.41) is 0. The lowest BCUT2D eigenvalue weighted by Crippen LogP contribution is -2.42. The smallest absolute Gasteiger partial charge is 0.342 e. The van der Waals surface area contributed by atoms with Crippen LogP contribution in [0.3, 0.4) is 0 Å². The Morgan fingerprint density at radius 1 is 1.33 bits per heavy atom. The van der Waals surface area contributed by atoms with Gasteiger partial charge in [0, 0.05) is 13.1 Å². The van der Waals surface area contributed by atoms with Crippen molar-refractivity contribution in [2.75, 3.05) is 13.1 Å². The zero-order chi connectivity index (χ0) is 13.5. The van der Waals surface area contributed by atoms with Crippen molar-refractivity contribution in [1.82, 2.24) is 4.90 Å². The van der Waals surface area contributed by atoms with Gasteiger partial charge in [0.2, 0.25) is 5.91 Å². The minimum atomic E-state index is -4.20. The van der Waals surface area contributed by atoms with Crippen LogP contribution in [-0.4, -0.2) is 30.1 Å². The van der Waals surface area contributed by atoms with Gasteiger partial charge >= 0.3 is 6.18 Å². The van der Waals surface area contributed by atoms with Crippen molar-refractivity contribution >= 4 is 5.91 Å². The van der Waals surface area contributed by atoms with Gasteiger partial charge in [-0.25, -0.2) is 0 Å². The van der Waals surface area contributed by atoms with E-state index in [0.29, 0.717) is 24.9 Å². The quantitative estimate of drug-likeness (QED) is 0.749. The molecule has 1 aliphatic carbocycles. The minimum Gasteiger partial charge on any atom is -0.342 e. The topological polar surface area (TPSA) is 20.3 Å². The molecule has 0 aromatic heterocycles. The molecule has 1 heterocycles. The van der Waals surface area contributed by atoms with Crippen molar-refractivity contribution < 1.29 is 18.0 Å². The molecule has 0 bridgehead atoms. The van der Waals surface area contributed by atoms with E-state index in [-0.39, 0.29) is 12.3 Å². The van der Waals surface area contributed by atoms with Crippen LogP contribution >= 0.6 is 0 Å². The largest absolute Gasteiger partial charge is 0.392 e. The molecule has 1 saturated carbocycles.